The largest absolute Gasteiger partial charge is 0.314 e. The monoisotopic (exact) mass is 242 g/mol. The van der Waals surface area contributed by atoms with Crippen LogP contribution in [0.3, 0.4) is 0 Å². The summed E-state index contributed by atoms with van der Waals surface area (Å²) >= 11 is 0. The molecule has 1 aliphatic heterocycles. The minimum atomic E-state index is 0.881. The van der Waals surface area contributed by atoms with Crippen molar-refractivity contribution in [1.29, 1.82) is 0 Å². The van der Waals surface area contributed by atoms with Crippen molar-refractivity contribution < 1.29 is 0 Å². The van der Waals surface area contributed by atoms with Crippen LogP contribution in [0.5, 0.6) is 0 Å². The van der Waals surface area contributed by atoms with Gasteiger partial charge in [0.1, 0.15) is 0 Å². The Hall–Kier alpha value is -0.160. The van der Waals surface area contributed by atoms with Gasteiger partial charge in [-0.3, -0.25) is 0 Å². The highest BCUT2D eigenvalue weighted by atomic mass is 15.2. The molecule has 1 N–H and O–H groups in total. The first kappa shape index (κ1) is 14.9. The molecule has 0 aromatic carbocycles. The molecule has 4 heteroatoms. The molecule has 0 radical (unpaired) electrons. The summed E-state index contributed by atoms with van der Waals surface area (Å²) in [6, 6.07) is 0. The lowest BCUT2D eigenvalue weighted by atomic mass is 10.1. The van der Waals surface area contributed by atoms with Crippen molar-refractivity contribution in [2.45, 2.75) is 6.42 Å². The molecule has 1 rings (SSSR count). The first-order chi connectivity index (χ1) is 8.08. The topological polar surface area (TPSA) is 21.8 Å². The fraction of sp³-hybridized carbons (Fsp3) is 1.00. The van der Waals surface area contributed by atoms with E-state index < -0.39 is 0 Å². The number of rotatable bonds is 8. The molecule has 0 aromatic rings. The van der Waals surface area contributed by atoms with Crippen LogP contribution in [-0.2, 0) is 0 Å². The number of hydrogen-bond donors (Lipinski definition) is 1. The number of hydrogen-bond acceptors (Lipinski definition) is 4. The van der Waals surface area contributed by atoms with Crippen LogP contribution in [0, 0.1) is 5.92 Å². The zero-order chi connectivity index (χ0) is 12.7. The Labute approximate surface area is 107 Å². The van der Waals surface area contributed by atoms with Crippen LogP contribution in [0.2, 0.25) is 0 Å². The number of likely N-dealkylation sites (tertiary alicyclic amines) is 1. The summed E-state index contributed by atoms with van der Waals surface area (Å²) in [4.78, 5) is 7.12. The lowest BCUT2D eigenvalue weighted by molar-refractivity contribution is 0.271. The van der Waals surface area contributed by atoms with Gasteiger partial charge in [0.2, 0.25) is 0 Å². The zero-order valence-corrected chi connectivity index (χ0v) is 12.1. The molecular weight excluding hydrogens is 212 g/mol. The normalized spacial score (nSPS) is 21.9. The molecule has 0 bridgehead atoms. The summed E-state index contributed by atoms with van der Waals surface area (Å²) < 4.78 is 0. The molecule has 0 spiro atoms. The van der Waals surface area contributed by atoms with Gasteiger partial charge in [0, 0.05) is 39.3 Å². The highest BCUT2D eigenvalue weighted by Crippen LogP contribution is 2.14. The Morgan fingerprint density at radius 1 is 1.18 bits per heavy atom. The minimum absolute atomic E-state index is 0.881. The van der Waals surface area contributed by atoms with Crippen molar-refractivity contribution in [2.24, 2.45) is 5.92 Å². The Morgan fingerprint density at radius 2 is 1.88 bits per heavy atom. The van der Waals surface area contributed by atoms with E-state index in [4.69, 9.17) is 0 Å². The smallest absolute Gasteiger partial charge is 0.0104 e. The minimum Gasteiger partial charge on any atom is -0.314 e. The maximum absolute atomic E-state index is 3.49. The molecule has 1 aliphatic rings. The van der Waals surface area contributed by atoms with E-state index in [0.29, 0.717) is 0 Å². The molecule has 1 unspecified atom stereocenters. The van der Waals surface area contributed by atoms with Gasteiger partial charge in [0.05, 0.1) is 0 Å². The number of likely N-dealkylation sites (N-methyl/N-ethyl adjacent to an activating group) is 2. The summed E-state index contributed by atoms with van der Waals surface area (Å²) in [5.74, 6) is 0.881. The van der Waals surface area contributed by atoms with E-state index in [-0.39, 0.29) is 0 Å². The molecule has 0 aliphatic carbocycles. The second kappa shape index (κ2) is 8.03. The summed E-state index contributed by atoms with van der Waals surface area (Å²) in [5, 5.41) is 3.49. The molecule has 0 saturated carbocycles. The number of nitrogens with one attached hydrogen (secondary N) is 1. The van der Waals surface area contributed by atoms with Crippen LogP contribution in [-0.4, -0.2) is 88.7 Å². The van der Waals surface area contributed by atoms with E-state index in [1.807, 2.05) is 0 Å². The molecule has 0 aromatic heterocycles. The van der Waals surface area contributed by atoms with Crippen molar-refractivity contribution in [3.63, 3.8) is 0 Å². The van der Waals surface area contributed by atoms with Crippen LogP contribution in [0.15, 0.2) is 0 Å². The van der Waals surface area contributed by atoms with Gasteiger partial charge in [-0.05, 0) is 47.1 Å². The molecular formula is C13H30N4. The summed E-state index contributed by atoms with van der Waals surface area (Å²) in [6.07, 6.45) is 1.37. The van der Waals surface area contributed by atoms with Gasteiger partial charge in [-0.2, -0.15) is 0 Å². The average molecular weight is 242 g/mol. The number of nitrogens with zero attached hydrogens (tertiary/aromatic N) is 3. The Bertz CT molecular complexity index is 196. The first-order valence-corrected chi connectivity index (χ1v) is 6.80. The first-order valence-electron chi connectivity index (χ1n) is 6.80. The molecule has 1 fully saturated rings. The van der Waals surface area contributed by atoms with Gasteiger partial charge in [-0.15, -0.1) is 0 Å². The average Bonchev–Trinajstić information content (AvgIpc) is 2.63. The Balaban J connectivity index is 1.96. The van der Waals surface area contributed by atoms with Gasteiger partial charge < -0.3 is 20.0 Å². The molecule has 1 heterocycles. The maximum atomic E-state index is 3.49. The van der Waals surface area contributed by atoms with E-state index in [0.717, 1.165) is 32.1 Å². The second-order valence-corrected chi connectivity index (χ2v) is 5.73. The summed E-state index contributed by atoms with van der Waals surface area (Å²) in [6.45, 7) is 8.28. The highest BCUT2D eigenvalue weighted by Gasteiger charge is 2.20. The molecule has 1 atom stereocenters. The third kappa shape index (κ3) is 6.99. The summed E-state index contributed by atoms with van der Waals surface area (Å²) in [7, 11) is 8.70. The van der Waals surface area contributed by atoms with Crippen LogP contribution in [0.1, 0.15) is 6.42 Å². The molecule has 17 heavy (non-hydrogen) atoms. The van der Waals surface area contributed by atoms with Crippen LogP contribution >= 0.6 is 0 Å². The molecule has 102 valence electrons. The van der Waals surface area contributed by atoms with Crippen molar-refractivity contribution in [2.75, 3.05) is 74.0 Å². The highest BCUT2D eigenvalue weighted by molar-refractivity contribution is 4.75. The van der Waals surface area contributed by atoms with Gasteiger partial charge >= 0.3 is 0 Å². The van der Waals surface area contributed by atoms with E-state index >= 15 is 0 Å². The second-order valence-electron chi connectivity index (χ2n) is 5.73. The van der Waals surface area contributed by atoms with E-state index in [1.54, 1.807) is 0 Å². The van der Waals surface area contributed by atoms with Crippen LogP contribution < -0.4 is 5.32 Å². The Morgan fingerprint density at radius 3 is 2.47 bits per heavy atom. The predicted octanol–water partition coefficient (Wildman–Crippen LogP) is 0.0211. The quantitative estimate of drug-likeness (QED) is 0.606. The molecule has 1 saturated heterocycles. The standard InChI is InChI=1S/C13H30N4/c1-15(2)9-6-14-7-10-17(4)12-13-5-8-16(3)11-13/h13-14H,5-12H2,1-4H3. The maximum Gasteiger partial charge on any atom is 0.0104 e. The lowest BCUT2D eigenvalue weighted by Crippen LogP contribution is -2.35. The van der Waals surface area contributed by atoms with E-state index in [2.05, 4.69) is 48.2 Å². The van der Waals surface area contributed by atoms with Gasteiger partial charge in [0.25, 0.3) is 0 Å². The molecule has 0 amide bonds. The lowest BCUT2D eigenvalue weighted by Gasteiger charge is -2.21. The van der Waals surface area contributed by atoms with Crippen LogP contribution in [0.4, 0.5) is 0 Å². The SMILES string of the molecule is CN(C)CCNCCN(C)CC1CCN(C)C1. The third-order valence-corrected chi connectivity index (χ3v) is 3.46. The van der Waals surface area contributed by atoms with Crippen molar-refractivity contribution >= 4 is 0 Å². The van der Waals surface area contributed by atoms with Gasteiger partial charge in [0.15, 0.2) is 0 Å². The van der Waals surface area contributed by atoms with Crippen molar-refractivity contribution in [3.05, 3.63) is 0 Å². The molecule has 4 nitrogen and oxygen atoms in total. The van der Waals surface area contributed by atoms with Crippen molar-refractivity contribution in [1.82, 2.24) is 20.0 Å². The van der Waals surface area contributed by atoms with Gasteiger partial charge in [-0.1, -0.05) is 0 Å². The Kier molecular flexibility index (Phi) is 7.04. The van der Waals surface area contributed by atoms with E-state index in [9.17, 15) is 0 Å². The van der Waals surface area contributed by atoms with Crippen molar-refractivity contribution in [3.8, 4) is 0 Å². The fourth-order valence-corrected chi connectivity index (χ4v) is 2.40. The summed E-state index contributed by atoms with van der Waals surface area (Å²) in [5.41, 5.74) is 0. The fourth-order valence-electron chi connectivity index (χ4n) is 2.40. The van der Waals surface area contributed by atoms with E-state index in [1.165, 1.54) is 26.1 Å². The van der Waals surface area contributed by atoms with Crippen LogP contribution in [0.25, 0.3) is 0 Å². The van der Waals surface area contributed by atoms with Gasteiger partial charge in [-0.25, -0.2) is 0 Å². The third-order valence-electron chi connectivity index (χ3n) is 3.46. The predicted molar refractivity (Wildman–Crippen MR) is 74.5 cm³/mol. The zero-order valence-electron chi connectivity index (χ0n) is 12.1.